The Morgan fingerprint density at radius 1 is 1.71 bits per heavy atom. The predicted molar refractivity (Wildman–Crippen MR) is 69.0 cm³/mol. The molecule has 1 amide bonds. The number of carbonyl (C=O) groups is 1. The number of aromatic nitrogens is 1. The van der Waals surface area contributed by atoms with Crippen LogP contribution in [0, 0.1) is 6.92 Å². The molecule has 0 aliphatic carbocycles. The summed E-state index contributed by atoms with van der Waals surface area (Å²) in [6.07, 6.45) is 2.00. The topological polar surface area (TPSA) is 45.2 Å². The van der Waals surface area contributed by atoms with Crippen LogP contribution in [0.2, 0.25) is 0 Å². The number of aryl methyl sites for hydroxylation is 1. The van der Waals surface area contributed by atoms with Crippen LogP contribution in [-0.2, 0) is 11.3 Å². The van der Waals surface area contributed by atoms with Gasteiger partial charge < -0.3 is 10.2 Å². The number of likely N-dealkylation sites (N-methyl/N-ethyl adjacent to an activating group) is 1. The molecule has 17 heavy (non-hydrogen) atoms. The Hall–Kier alpha value is -0.940. The van der Waals surface area contributed by atoms with Crippen LogP contribution in [0.15, 0.2) is 5.38 Å². The summed E-state index contributed by atoms with van der Waals surface area (Å²) in [4.78, 5) is 18.5. The number of carbonyl (C=O) groups excluding carboxylic acids is 1. The molecule has 1 unspecified atom stereocenters. The lowest BCUT2D eigenvalue weighted by Gasteiger charge is -2.28. The molecule has 0 saturated carbocycles. The van der Waals surface area contributed by atoms with Crippen molar-refractivity contribution in [3.05, 3.63) is 16.1 Å². The van der Waals surface area contributed by atoms with Gasteiger partial charge in [0.15, 0.2) is 0 Å². The number of amides is 1. The van der Waals surface area contributed by atoms with Crippen molar-refractivity contribution in [3.8, 4) is 0 Å². The van der Waals surface area contributed by atoms with Crippen LogP contribution in [0.3, 0.4) is 0 Å². The molecule has 0 bridgehead atoms. The Balaban J connectivity index is 2.00. The molecule has 4 nitrogen and oxygen atoms in total. The third-order valence-electron chi connectivity index (χ3n) is 3.25. The Labute approximate surface area is 106 Å². The molecule has 2 rings (SSSR count). The number of rotatable bonds is 3. The Kier molecular flexibility index (Phi) is 3.49. The molecule has 0 radical (unpaired) electrons. The van der Waals surface area contributed by atoms with Gasteiger partial charge in [-0.2, -0.15) is 0 Å². The molecule has 1 saturated heterocycles. The minimum atomic E-state index is -0.375. The number of hydrogen-bond donors (Lipinski definition) is 1. The molecule has 5 heteroatoms. The third-order valence-corrected chi connectivity index (χ3v) is 4.08. The molecule has 1 aliphatic rings. The molecular formula is C12H19N3OS. The van der Waals surface area contributed by atoms with Crippen LogP contribution in [0.1, 0.15) is 30.5 Å². The Morgan fingerprint density at radius 2 is 2.47 bits per heavy atom. The Bertz CT molecular complexity index is 410. The lowest BCUT2D eigenvalue weighted by atomic mass is 9.98. The van der Waals surface area contributed by atoms with E-state index >= 15 is 0 Å². The van der Waals surface area contributed by atoms with Crippen molar-refractivity contribution in [1.82, 2.24) is 15.2 Å². The first-order valence-corrected chi connectivity index (χ1v) is 6.81. The Morgan fingerprint density at radius 3 is 3.00 bits per heavy atom. The van der Waals surface area contributed by atoms with E-state index in [2.05, 4.69) is 10.3 Å². The average molecular weight is 253 g/mol. The smallest absolute Gasteiger partial charge is 0.242 e. The molecule has 1 aromatic heterocycles. The van der Waals surface area contributed by atoms with E-state index in [0.29, 0.717) is 6.54 Å². The van der Waals surface area contributed by atoms with E-state index in [0.717, 1.165) is 30.1 Å². The van der Waals surface area contributed by atoms with E-state index < -0.39 is 0 Å². The summed E-state index contributed by atoms with van der Waals surface area (Å²) >= 11 is 1.62. The van der Waals surface area contributed by atoms with Crippen LogP contribution in [0.5, 0.6) is 0 Å². The van der Waals surface area contributed by atoms with Gasteiger partial charge in [-0.1, -0.05) is 0 Å². The summed E-state index contributed by atoms with van der Waals surface area (Å²) in [6.45, 7) is 5.51. The zero-order chi connectivity index (χ0) is 12.5. The quantitative estimate of drug-likeness (QED) is 0.889. The summed E-state index contributed by atoms with van der Waals surface area (Å²) in [7, 11) is 1.85. The first-order valence-electron chi connectivity index (χ1n) is 5.93. The van der Waals surface area contributed by atoms with Gasteiger partial charge in [-0.15, -0.1) is 11.3 Å². The van der Waals surface area contributed by atoms with Gasteiger partial charge in [-0.25, -0.2) is 4.98 Å². The van der Waals surface area contributed by atoms with Crippen LogP contribution in [0.4, 0.5) is 0 Å². The highest BCUT2D eigenvalue weighted by molar-refractivity contribution is 7.09. The van der Waals surface area contributed by atoms with Gasteiger partial charge in [-0.05, 0) is 33.2 Å². The summed E-state index contributed by atoms with van der Waals surface area (Å²) in [5, 5.41) is 6.36. The van der Waals surface area contributed by atoms with Crippen molar-refractivity contribution < 1.29 is 4.79 Å². The van der Waals surface area contributed by atoms with E-state index in [9.17, 15) is 4.79 Å². The van der Waals surface area contributed by atoms with E-state index in [1.807, 2.05) is 26.3 Å². The number of hydrogen-bond acceptors (Lipinski definition) is 4. The maximum absolute atomic E-state index is 12.3. The van der Waals surface area contributed by atoms with Crippen molar-refractivity contribution >= 4 is 17.2 Å². The van der Waals surface area contributed by atoms with Gasteiger partial charge in [-0.3, -0.25) is 4.79 Å². The highest BCUT2D eigenvalue weighted by atomic mass is 32.1. The maximum Gasteiger partial charge on any atom is 0.242 e. The minimum absolute atomic E-state index is 0.167. The van der Waals surface area contributed by atoms with Crippen LogP contribution >= 0.6 is 11.3 Å². The van der Waals surface area contributed by atoms with Gasteiger partial charge in [0.1, 0.15) is 0 Å². The van der Waals surface area contributed by atoms with E-state index in [4.69, 9.17) is 0 Å². The molecule has 1 atom stereocenters. The van der Waals surface area contributed by atoms with Gasteiger partial charge in [0.2, 0.25) is 5.91 Å². The van der Waals surface area contributed by atoms with Crippen LogP contribution in [0.25, 0.3) is 0 Å². The molecule has 1 N–H and O–H groups in total. The van der Waals surface area contributed by atoms with Gasteiger partial charge in [0.25, 0.3) is 0 Å². The number of nitrogens with zero attached hydrogens (tertiary/aromatic N) is 2. The molecule has 94 valence electrons. The first kappa shape index (κ1) is 12.5. The molecule has 0 aromatic carbocycles. The normalized spacial score (nSPS) is 23.9. The molecule has 0 spiro atoms. The summed E-state index contributed by atoms with van der Waals surface area (Å²) < 4.78 is 0. The van der Waals surface area contributed by atoms with Crippen molar-refractivity contribution in [3.63, 3.8) is 0 Å². The van der Waals surface area contributed by atoms with E-state index in [-0.39, 0.29) is 11.4 Å². The number of thiazole rings is 1. The molecule has 2 heterocycles. The predicted octanol–water partition coefficient (Wildman–Crippen LogP) is 1.55. The lowest BCUT2D eigenvalue weighted by molar-refractivity contribution is -0.136. The van der Waals surface area contributed by atoms with Gasteiger partial charge in [0.05, 0.1) is 22.8 Å². The van der Waals surface area contributed by atoms with E-state index in [1.165, 1.54) is 0 Å². The zero-order valence-corrected chi connectivity index (χ0v) is 11.4. The fraction of sp³-hybridized carbons (Fsp3) is 0.667. The van der Waals surface area contributed by atoms with Crippen LogP contribution < -0.4 is 5.32 Å². The summed E-state index contributed by atoms with van der Waals surface area (Å²) in [6, 6.07) is 0. The van der Waals surface area contributed by atoms with Crippen LogP contribution in [-0.4, -0.2) is 34.9 Å². The highest BCUT2D eigenvalue weighted by Crippen LogP contribution is 2.21. The average Bonchev–Trinajstić information content (AvgIpc) is 2.88. The molecular weight excluding hydrogens is 234 g/mol. The second kappa shape index (κ2) is 4.74. The minimum Gasteiger partial charge on any atom is -0.338 e. The monoisotopic (exact) mass is 253 g/mol. The number of nitrogens with one attached hydrogen (secondary N) is 1. The standard InChI is InChI=1S/C12H19N3OS/c1-9-14-10(8-17-9)7-15(3)11(16)12(2)5-4-6-13-12/h8,13H,4-7H2,1-3H3. The zero-order valence-electron chi connectivity index (χ0n) is 10.6. The second-order valence-electron chi connectivity index (χ2n) is 4.88. The highest BCUT2D eigenvalue weighted by Gasteiger charge is 2.37. The molecule has 1 aromatic rings. The lowest BCUT2D eigenvalue weighted by Crippen LogP contribution is -2.51. The summed E-state index contributed by atoms with van der Waals surface area (Å²) in [5.41, 5.74) is 0.602. The fourth-order valence-electron chi connectivity index (χ4n) is 2.29. The SMILES string of the molecule is Cc1nc(CN(C)C(=O)C2(C)CCCN2)cs1. The van der Waals surface area contributed by atoms with Gasteiger partial charge in [0, 0.05) is 12.4 Å². The van der Waals surface area contributed by atoms with E-state index in [1.54, 1.807) is 16.2 Å². The van der Waals surface area contributed by atoms with Gasteiger partial charge >= 0.3 is 0 Å². The van der Waals surface area contributed by atoms with Crippen molar-refractivity contribution in [2.24, 2.45) is 0 Å². The first-order chi connectivity index (χ1) is 8.01. The largest absolute Gasteiger partial charge is 0.338 e. The molecule has 1 fully saturated rings. The third kappa shape index (κ3) is 2.66. The fourth-order valence-corrected chi connectivity index (χ4v) is 2.90. The van der Waals surface area contributed by atoms with Crippen molar-refractivity contribution in [1.29, 1.82) is 0 Å². The maximum atomic E-state index is 12.3. The van der Waals surface area contributed by atoms with Crippen molar-refractivity contribution in [2.45, 2.75) is 38.8 Å². The summed E-state index contributed by atoms with van der Waals surface area (Å²) in [5.74, 6) is 0.167. The molecule has 1 aliphatic heterocycles. The van der Waals surface area contributed by atoms with Crippen molar-refractivity contribution in [2.75, 3.05) is 13.6 Å². The second-order valence-corrected chi connectivity index (χ2v) is 5.94.